The van der Waals surface area contributed by atoms with E-state index in [4.69, 9.17) is 9.90 Å². The molecule has 5 heteroatoms. The number of nitrogens with zero attached hydrogens (tertiary/aromatic N) is 1. The van der Waals surface area contributed by atoms with Gasteiger partial charge < -0.3 is 10.4 Å². The summed E-state index contributed by atoms with van der Waals surface area (Å²) in [7, 11) is 0. The molecular formula is C21H33N3O2. The second-order valence-electron chi connectivity index (χ2n) is 8.14. The highest BCUT2D eigenvalue weighted by atomic mass is 16.4. The van der Waals surface area contributed by atoms with E-state index in [1.54, 1.807) is 0 Å². The van der Waals surface area contributed by atoms with Gasteiger partial charge in [-0.25, -0.2) is 0 Å². The molecular weight excluding hydrogens is 326 g/mol. The standard InChI is InChI=1S/C19H29N3.C2H4O2/c1-14-17(10-13-22(14)18-20-11-5-12-21-18)15-6-8-16(9-7-15)19(2,3)4;1-2(3)4/h5-9,11,14,17-18,20-21H,10,12-13H2,1-4H3;1H3,(H,3,4)/t14-,17-,18?;/m0./s1. The largest absolute Gasteiger partial charge is 0.481 e. The number of likely N-dealkylation sites (tertiary alicyclic amines) is 1. The second-order valence-corrected chi connectivity index (χ2v) is 8.14. The van der Waals surface area contributed by atoms with E-state index >= 15 is 0 Å². The van der Waals surface area contributed by atoms with E-state index in [-0.39, 0.29) is 11.7 Å². The summed E-state index contributed by atoms with van der Waals surface area (Å²) in [6, 6.07) is 9.85. The molecule has 3 rings (SSSR count). The van der Waals surface area contributed by atoms with Crippen molar-refractivity contribution in [3.63, 3.8) is 0 Å². The Bertz CT molecular complexity index is 615. The van der Waals surface area contributed by atoms with Crippen molar-refractivity contribution in [3.05, 3.63) is 47.7 Å². The number of benzene rings is 1. The smallest absolute Gasteiger partial charge is 0.300 e. The average Bonchev–Trinajstić information content (AvgIpc) is 2.96. The summed E-state index contributed by atoms with van der Waals surface area (Å²) in [5, 5.41) is 14.4. The highest BCUT2D eigenvalue weighted by Crippen LogP contribution is 2.35. The maximum atomic E-state index is 9.00. The highest BCUT2D eigenvalue weighted by molar-refractivity contribution is 5.62. The first kappa shape index (κ1) is 20.5. The Balaban J connectivity index is 0.000000552. The Morgan fingerprint density at radius 1 is 1.23 bits per heavy atom. The summed E-state index contributed by atoms with van der Waals surface area (Å²) in [6.07, 6.45) is 5.71. The number of carboxylic acids is 1. The van der Waals surface area contributed by atoms with Gasteiger partial charge in [-0.3, -0.25) is 15.0 Å². The molecule has 26 heavy (non-hydrogen) atoms. The lowest BCUT2D eigenvalue weighted by atomic mass is 9.84. The highest BCUT2D eigenvalue weighted by Gasteiger charge is 2.35. The van der Waals surface area contributed by atoms with Crippen LogP contribution in [0, 0.1) is 0 Å². The average molecular weight is 360 g/mol. The van der Waals surface area contributed by atoms with Gasteiger partial charge in [0.2, 0.25) is 0 Å². The van der Waals surface area contributed by atoms with E-state index in [2.05, 4.69) is 79.8 Å². The van der Waals surface area contributed by atoms with Gasteiger partial charge in [0.1, 0.15) is 6.29 Å². The lowest BCUT2D eigenvalue weighted by Crippen LogP contribution is -2.56. The van der Waals surface area contributed by atoms with Crippen molar-refractivity contribution >= 4 is 5.97 Å². The van der Waals surface area contributed by atoms with Gasteiger partial charge in [0.15, 0.2) is 0 Å². The van der Waals surface area contributed by atoms with Crippen LogP contribution in [0.2, 0.25) is 0 Å². The number of nitrogens with one attached hydrogen (secondary N) is 2. The molecule has 0 saturated carbocycles. The van der Waals surface area contributed by atoms with Crippen LogP contribution in [0.1, 0.15) is 58.1 Å². The molecule has 0 aromatic heterocycles. The van der Waals surface area contributed by atoms with Gasteiger partial charge in [-0.2, -0.15) is 0 Å². The van der Waals surface area contributed by atoms with Crippen molar-refractivity contribution in [1.29, 1.82) is 0 Å². The normalized spacial score (nSPS) is 26.0. The van der Waals surface area contributed by atoms with Gasteiger partial charge in [-0.15, -0.1) is 0 Å². The van der Waals surface area contributed by atoms with Gasteiger partial charge in [-0.1, -0.05) is 51.1 Å². The van der Waals surface area contributed by atoms with Crippen molar-refractivity contribution in [1.82, 2.24) is 15.5 Å². The third-order valence-corrected chi connectivity index (χ3v) is 5.14. The summed E-state index contributed by atoms with van der Waals surface area (Å²) >= 11 is 0. The van der Waals surface area contributed by atoms with Crippen molar-refractivity contribution in [2.75, 3.05) is 13.1 Å². The maximum Gasteiger partial charge on any atom is 0.300 e. The van der Waals surface area contributed by atoms with Crippen LogP contribution in [0.25, 0.3) is 0 Å². The predicted molar refractivity (Wildman–Crippen MR) is 106 cm³/mol. The van der Waals surface area contributed by atoms with Crippen molar-refractivity contribution in [3.8, 4) is 0 Å². The molecule has 1 aromatic carbocycles. The zero-order chi connectivity index (χ0) is 19.3. The molecule has 0 aliphatic carbocycles. The minimum atomic E-state index is -0.833. The number of hydrogen-bond donors (Lipinski definition) is 3. The van der Waals surface area contributed by atoms with Gasteiger partial charge in [0.25, 0.3) is 5.97 Å². The fourth-order valence-corrected chi connectivity index (χ4v) is 3.67. The molecule has 0 amide bonds. The fraction of sp³-hybridized carbons (Fsp3) is 0.571. The van der Waals surface area contributed by atoms with E-state index in [1.807, 2.05) is 0 Å². The zero-order valence-corrected chi connectivity index (χ0v) is 16.6. The van der Waals surface area contributed by atoms with Crippen LogP contribution in [-0.4, -0.2) is 41.4 Å². The fourth-order valence-electron chi connectivity index (χ4n) is 3.67. The summed E-state index contributed by atoms with van der Waals surface area (Å²) in [5.41, 5.74) is 3.13. The first-order valence-corrected chi connectivity index (χ1v) is 9.40. The van der Waals surface area contributed by atoms with Crippen LogP contribution >= 0.6 is 0 Å². The molecule has 5 nitrogen and oxygen atoms in total. The Morgan fingerprint density at radius 3 is 2.35 bits per heavy atom. The van der Waals surface area contributed by atoms with Crippen LogP contribution in [0.3, 0.4) is 0 Å². The first-order chi connectivity index (χ1) is 12.2. The first-order valence-electron chi connectivity index (χ1n) is 9.40. The monoisotopic (exact) mass is 359 g/mol. The predicted octanol–water partition coefficient (Wildman–Crippen LogP) is 3.24. The molecule has 1 saturated heterocycles. The van der Waals surface area contributed by atoms with Crippen molar-refractivity contribution in [2.24, 2.45) is 0 Å². The third kappa shape index (κ3) is 5.32. The number of rotatable bonds is 2. The molecule has 1 unspecified atom stereocenters. The zero-order valence-electron chi connectivity index (χ0n) is 16.6. The minimum Gasteiger partial charge on any atom is -0.481 e. The Labute approximate surface area is 157 Å². The summed E-state index contributed by atoms with van der Waals surface area (Å²) < 4.78 is 0. The van der Waals surface area contributed by atoms with Gasteiger partial charge >= 0.3 is 0 Å². The second kappa shape index (κ2) is 8.69. The molecule has 144 valence electrons. The van der Waals surface area contributed by atoms with E-state index < -0.39 is 5.97 Å². The van der Waals surface area contributed by atoms with E-state index in [9.17, 15) is 0 Å². The number of aliphatic carboxylic acids is 1. The third-order valence-electron chi connectivity index (χ3n) is 5.14. The molecule has 2 aliphatic heterocycles. The molecule has 0 radical (unpaired) electrons. The quantitative estimate of drug-likeness (QED) is 0.756. The van der Waals surface area contributed by atoms with Gasteiger partial charge in [0.05, 0.1) is 0 Å². The molecule has 3 atom stereocenters. The Hall–Kier alpha value is -1.85. The number of hydrogen-bond acceptors (Lipinski definition) is 4. The summed E-state index contributed by atoms with van der Waals surface area (Å²) in [5.74, 6) is -0.205. The number of carbonyl (C=O) groups is 1. The lowest BCUT2D eigenvalue weighted by Gasteiger charge is -2.35. The van der Waals surface area contributed by atoms with E-state index in [0.29, 0.717) is 12.0 Å². The Morgan fingerprint density at radius 2 is 1.85 bits per heavy atom. The van der Waals surface area contributed by atoms with Crippen LogP contribution in [0.4, 0.5) is 0 Å². The molecule has 1 aromatic rings. The van der Waals surface area contributed by atoms with Crippen molar-refractivity contribution in [2.45, 2.75) is 64.7 Å². The van der Waals surface area contributed by atoms with Gasteiger partial charge in [0, 0.05) is 32.0 Å². The lowest BCUT2D eigenvalue weighted by molar-refractivity contribution is -0.134. The van der Waals surface area contributed by atoms with Crippen LogP contribution in [-0.2, 0) is 10.2 Å². The Kier molecular flexibility index (Phi) is 6.84. The molecule has 0 bridgehead atoms. The van der Waals surface area contributed by atoms with Crippen LogP contribution in [0.5, 0.6) is 0 Å². The maximum absolute atomic E-state index is 9.00. The molecule has 3 N–H and O–H groups in total. The summed E-state index contributed by atoms with van der Waals surface area (Å²) in [4.78, 5) is 11.5. The SMILES string of the molecule is CC(=O)O.C[C@H]1[C@@H](c2ccc(C(C)(C)C)cc2)CCN1C1NC=CCN1. The van der Waals surface area contributed by atoms with Gasteiger partial charge in [-0.05, 0) is 36.1 Å². The van der Waals surface area contributed by atoms with E-state index in [0.717, 1.165) is 20.0 Å². The van der Waals surface area contributed by atoms with Crippen molar-refractivity contribution < 1.29 is 9.90 Å². The molecule has 2 heterocycles. The molecule has 2 aliphatic rings. The van der Waals surface area contributed by atoms with E-state index in [1.165, 1.54) is 17.5 Å². The summed E-state index contributed by atoms with van der Waals surface area (Å²) in [6.45, 7) is 12.4. The van der Waals surface area contributed by atoms with Crippen LogP contribution in [0.15, 0.2) is 36.5 Å². The topological polar surface area (TPSA) is 64.6 Å². The van der Waals surface area contributed by atoms with Crippen LogP contribution < -0.4 is 10.6 Å². The molecule has 0 spiro atoms. The number of carboxylic acid groups (broad SMARTS) is 1. The molecule has 1 fully saturated rings. The minimum absolute atomic E-state index is 0.230.